The molecule has 2 heterocycles. The van der Waals surface area contributed by atoms with Crippen LogP contribution in [0.4, 0.5) is 5.69 Å². The van der Waals surface area contributed by atoms with Crippen LogP contribution in [0.25, 0.3) is 17.2 Å². The maximum absolute atomic E-state index is 12.7. The molecule has 4 rings (SSSR count). The van der Waals surface area contributed by atoms with Crippen LogP contribution in [0.1, 0.15) is 48.8 Å². The number of aryl methyl sites for hydroxylation is 3. The lowest BCUT2D eigenvalue weighted by molar-refractivity contribution is -0.115. The zero-order chi connectivity index (χ0) is 23.0. The van der Waals surface area contributed by atoms with E-state index >= 15 is 0 Å². The highest BCUT2D eigenvalue weighted by Crippen LogP contribution is 2.25. The first kappa shape index (κ1) is 21.7. The van der Waals surface area contributed by atoms with Crippen molar-refractivity contribution in [1.29, 1.82) is 0 Å². The first-order valence-electron chi connectivity index (χ1n) is 10.8. The van der Waals surface area contributed by atoms with Gasteiger partial charge >= 0.3 is 0 Å². The number of fused-ring (bicyclic) bond motifs is 1. The average molecular weight is 428 g/mol. The Morgan fingerprint density at radius 1 is 0.969 bits per heavy atom. The Balaban J connectivity index is 1.63. The summed E-state index contributed by atoms with van der Waals surface area (Å²) in [4.78, 5) is 22.0. The molecule has 0 saturated carbocycles. The van der Waals surface area contributed by atoms with Gasteiger partial charge < -0.3 is 5.32 Å². The van der Waals surface area contributed by atoms with Gasteiger partial charge in [-0.25, -0.2) is 9.50 Å². The molecular formula is C26H29N5O. The maximum Gasteiger partial charge on any atom is 0.253 e. The van der Waals surface area contributed by atoms with Gasteiger partial charge in [0.25, 0.3) is 5.78 Å². The average Bonchev–Trinajstić information content (AvgIpc) is 3.16. The van der Waals surface area contributed by atoms with E-state index in [0.29, 0.717) is 11.6 Å². The van der Waals surface area contributed by atoms with Gasteiger partial charge in [-0.05, 0) is 43.4 Å². The molecule has 2 aromatic heterocycles. The number of hydrogen-bond acceptors (Lipinski definition) is 4. The molecule has 2 aromatic carbocycles. The smallest absolute Gasteiger partial charge is 0.253 e. The van der Waals surface area contributed by atoms with E-state index in [1.165, 1.54) is 5.56 Å². The first-order valence-corrected chi connectivity index (χ1v) is 10.8. The molecule has 0 aliphatic heterocycles. The number of amides is 1. The second-order valence-electron chi connectivity index (χ2n) is 9.28. The molecular weight excluding hydrogens is 398 g/mol. The van der Waals surface area contributed by atoms with Gasteiger partial charge in [-0.1, -0.05) is 63.2 Å². The standard InChI is InChI=1S/C26H29N5O/c1-16-9-7-8-10-22(16)28-23(32)15-21-17(2)27-25-29-24(30-31(25)18(21)3)19-11-13-20(14-12-19)26(4,5)6/h7-14H,15H2,1-6H3,(H,28,32). The van der Waals surface area contributed by atoms with Gasteiger partial charge in [0, 0.05) is 28.2 Å². The third-order valence-corrected chi connectivity index (χ3v) is 5.81. The van der Waals surface area contributed by atoms with Crippen molar-refractivity contribution in [2.24, 2.45) is 0 Å². The number of nitrogens with one attached hydrogen (secondary N) is 1. The highest BCUT2D eigenvalue weighted by atomic mass is 16.1. The third kappa shape index (κ3) is 4.26. The molecule has 0 aliphatic rings. The summed E-state index contributed by atoms with van der Waals surface area (Å²) in [6.45, 7) is 12.4. The van der Waals surface area contributed by atoms with E-state index in [1.807, 2.05) is 57.2 Å². The Kier molecular flexibility index (Phi) is 5.55. The Morgan fingerprint density at radius 2 is 1.66 bits per heavy atom. The van der Waals surface area contributed by atoms with Gasteiger partial charge in [0.2, 0.25) is 5.91 Å². The Morgan fingerprint density at radius 3 is 2.31 bits per heavy atom. The molecule has 0 atom stereocenters. The van der Waals surface area contributed by atoms with E-state index in [9.17, 15) is 4.79 Å². The van der Waals surface area contributed by atoms with Gasteiger partial charge in [0.05, 0.1) is 6.42 Å². The lowest BCUT2D eigenvalue weighted by Crippen LogP contribution is -2.18. The molecule has 0 spiro atoms. The minimum absolute atomic E-state index is 0.0789. The molecule has 0 fully saturated rings. The van der Waals surface area contributed by atoms with Gasteiger partial charge in [0.15, 0.2) is 5.82 Å². The fourth-order valence-corrected chi connectivity index (χ4v) is 3.77. The number of carbonyl (C=O) groups excluding carboxylic acids is 1. The van der Waals surface area contributed by atoms with Crippen LogP contribution in [-0.2, 0) is 16.6 Å². The van der Waals surface area contributed by atoms with Crippen molar-refractivity contribution in [2.45, 2.75) is 53.4 Å². The number of nitrogens with zero attached hydrogens (tertiary/aromatic N) is 4. The van der Waals surface area contributed by atoms with Crippen LogP contribution in [0, 0.1) is 20.8 Å². The lowest BCUT2D eigenvalue weighted by Gasteiger charge is -2.18. The van der Waals surface area contributed by atoms with E-state index in [-0.39, 0.29) is 17.7 Å². The first-order chi connectivity index (χ1) is 15.1. The quantitative estimate of drug-likeness (QED) is 0.486. The Hall–Kier alpha value is -3.54. The number of anilines is 1. The highest BCUT2D eigenvalue weighted by Gasteiger charge is 2.18. The molecule has 0 radical (unpaired) electrons. The SMILES string of the molecule is Cc1ccccc1NC(=O)Cc1c(C)nc2nc(-c3ccc(C(C)(C)C)cc3)nn2c1C. The molecule has 0 saturated heterocycles. The summed E-state index contributed by atoms with van der Waals surface area (Å²) in [6.07, 6.45) is 0.227. The molecule has 0 unspecified atom stereocenters. The topological polar surface area (TPSA) is 72.2 Å². The molecule has 4 aromatic rings. The Bertz CT molecular complexity index is 1300. The minimum atomic E-state index is -0.0789. The van der Waals surface area contributed by atoms with Crippen molar-refractivity contribution in [3.05, 3.63) is 76.6 Å². The third-order valence-electron chi connectivity index (χ3n) is 5.81. The number of carbonyl (C=O) groups is 1. The second kappa shape index (κ2) is 8.19. The molecule has 6 heteroatoms. The van der Waals surface area contributed by atoms with Crippen LogP contribution in [0.3, 0.4) is 0 Å². The zero-order valence-electron chi connectivity index (χ0n) is 19.5. The minimum Gasteiger partial charge on any atom is -0.326 e. The summed E-state index contributed by atoms with van der Waals surface area (Å²) in [5.41, 5.74) is 6.67. The van der Waals surface area contributed by atoms with Crippen LogP contribution < -0.4 is 5.32 Å². The molecule has 0 aliphatic carbocycles. The highest BCUT2D eigenvalue weighted by molar-refractivity contribution is 5.93. The van der Waals surface area contributed by atoms with Gasteiger partial charge in [-0.2, -0.15) is 4.98 Å². The van der Waals surface area contributed by atoms with Crippen molar-refractivity contribution in [3.63, 3.8) is 0 Å². The van der Waals surface area contributed by atoms with Gasteiger partial charge in [-0.3, -0.25) is 4.79 Å². The van der Waals surface area contributed by atoms with Crippen molar-refractivity contribution in [1.82, 2.24) is 19.6 Å². The van der Waals surface area contributed by atoms with E-state index in [1.54, 1.807) is 4.52 Å². The van der Waals surface area contributed by atoms with E-state index in [0.717, 1.165) is 33.8 Å². The van der Waals surface area contributed by atoms with Crippen LogP contribution in [0.15, 0.2) is 48.5 Å². The monoisotopic (exact) mass is 427 g/mol. The van der Waals surface area contributed by atoms with Crippen LogP contribution in [-0.4, -0.2) is 25.5 Å². The summed E-state index contributed by atoms with van der Waals surface area (Å²) < 4.78 is 1.73. The molecule has 164 valence electrons. The van der Waals surface area contributed by atoms with Crippen molar-refractivity contribution in [2.75, 3.05) is 5.32 Å². The summed E-state index contributed by atoms with van der Waals surface area (Å²) in [5.74, 6) is 1.09. The zero-order valence-corrected chi connectivity index (χ0v) is 19.5. The van der Waals surface area contributed by atoms with E-state index in [4.69, 9.17) is 5.10 Å². The molecule has 6 nitrogen and oxygen atoms in total. The Labute approximate surface area is 188 Å². The number of para-hydroxylation sites is 1. The van der Waals surface area contributed by atoms with Gasteiger partial charge in [0.1, 0.15) is 0 Å². The van der Waals surface area contributed by atoms with E-state index < -0.39 is 0 Å². The molecule has 1 N–H and O–H groups in total. The van der Waals surface area contributed by atoms with Crippen LogP contribution >= 0.6 is 0 Å². The molecule has 32 heavy (non-hydrogen) atoms. The summed E-state index contributed by atoms with van der Waals surface area (Å²) in [7, 11) is 0. The van der Waals surface area contributed by atoms with E-state index in [2.05, 4.69) is 48.2 Å². The number of benzene rings is 2. The van der Waals surface area contributed by atoms with Crippen molar-refractivity contribution < 1.29 is 4.79 Å². The lowest BCUT2D eigenvalue weighted by atomic mass is 9.87. The van der Waals surface area contributed by atoms with Crippen LogP contribution in [0.2, 0.25) is 0 Å². The number of rotatable bonds is 4. The largest absolute Gasteiger partial charge is 0.326 e. The predicted molar refractivity (Wildman–Crippen MR) is 128 cm³/mol. The number of hydrogen-bond donors (Lipinski definition) is 1. The molecule has 0 bridgehead atoms. The fourth-order valence-electron chi connectivity index (χ4n) is 3.77. The fraction of sp³-hybridized carbons (Fsp3) is 0.308. The summed E-state index contributed by atoms with van der Waals surface area (Å²) in [5, 5.41) is 7.69. The second-order valence-corrected chi connectivity index (χ2v) is 9.28. The van der Waals surface area contributed by atoms with Crippen molar-refractivity contribution in [3.8, 4) is 11.4 Å². The number of aromatic nitrogens is 4. The summed E-state index contributed by atoms with van der Waals surface area (Å²) in [6, 6.07) is 16.1. The van der Waals surface area contributed by atoms with Crippen molar-refractivity contribution >= 4 is 17.4 Å². The normalized spacial score (nSPS) is 11.7. The summed E-state index contributed by atoms with van der Waals surface area (Å²) >= 11 is 0. The molecule has 1 amide bonds. The van der Waals surface area contributed by atoms with Crippen LogP contribution in [0.5, 0.6) is 0 Å². The maximum atomic E-state index is 12.7. The predicted octanol–water partition coefficient (Wildman–Crippen LogP) is 5.20. The van der Waals surface area contributed by atoms with Gasteiger partial charge in [-0.15, -0.1) is 5.10 Å².